The minimum absolute atomic E-state index is 0.0719. The van der Waals surface area contributed by atoms with Crippen LogP contribution in [0.25, 0.3) is 0 Å². The summed E-state index contributed by atoms with van der Waals surface area (Å²) in [6, 6.07) is 15.8. The van der Waals surface area contributed by atoms with E-state index in [2.05, 4.69) is 5.32 Å². The molecule has 1 heterocycles. The van der Waals surface area contributed by atoms with Gasteiger partial charge in [-0.05, 0) is 54.7 Å². The minimum Gasteiger partial charge on any atom is -0.457 e. The number of anilines is 1. The van der Waals surface area contributed by atoms with Gasteiger partial charge >= 0.3 is 0 Å². The summed E-state index contributed by atoms with van der Waals surface area (Å²) in [7, 11) is 0. The Morgan fingerprint density at radius 1 is 1.07 bits per heavy atom. The molecule has 0 bridgehead atoms. The lowest BCUT2D eigenvalue weighted by molar-refractivity contribution is -0.122. The molecule has 27 heavy (non-hydrogen) atoms. The molecule has 0 saturated carbocycles. The number of amides is 2. The summed E-state index contributed by atoms with van der Waals surface area (Å²) in [6.45, 7) is -0.611. The molecular weight excluding hydrogens is 368 g/mol. The second-order valence-corrected chi connectivity index (χ2v) is 6.03. The Hall–Kier alpha value is -3.07. The minimum atomic E-state index is -1.33. The normalized spacial score (nSPS) is 17.0. The number of aliphatic hydroxyl groups excluding tert-OH is 2. The highest BCUT2D eigenvalue weighted by Crippen LogP contribution is 2.26. The summed E-state index contributed by atoms with van der Waals surface area (Å²) in [5.41, 5.74) is 0.129. The molecule has 0 spiro atoms. The van der Waals surface area contributed by atoms with Gasteiger partial charge in [-0.1, -0.05) is 18.2 Å². The second kappa shape index (κ2) is 8.09. The van der Waals surface area contributed by atoms with Crippen molar-refractivity contribution >= 4 is 34.8 Å². The van der Waals surface area contributed by atoms with Crippen LogP contribution >= 0.6 is 12.2 Å². The molecule has 0 radical (unpaired) electrons. The van der Waals surface area contributed by atoms with Crippen LogP contribution in [-0.2, 0) is 9.59 Å². The van der Waals surface area contributed by atoms with E-state index in [-0.39, 0.29) is 10.7 Å². The smallest absolute Gasteiger partial charge is 0.269 e. The van der Waals surface area contributed by atoms with Crippen molar-refractivity contribution in [2.75, 3.05) is 11.5 Å². The summed E-state index contributed by atoms with van der Waals surface area (Å²) >= 11 is 5.10. The molecule has 138 valence electrons. The fourth-order valence-corrected chi connectivity index (χ4v) is 2.73. The van der Waals surface area contributed by atoms with E-state index < -0.39 is 24.5 Å². The maximum atomic E-state index is 12.7. The number of nitrogens with zero attached hydrogens (tertiary/aromatic N) is 1. The number of thiocarbonyl (C=S) groups is 1. The van der Waals surface area contributed by atoms with Gasteiger partial charge < -0.3 is 14.9 Å². The van der Waals surface area contributed by atoms with Gasteiger partial charge in [0, 0.05) is 0 Å². The van der Waals surface area contributed by atoms with Crippen molar-refractivity contribution in [3.8, 4) is 11.5 Å². The zero-order valence-electron chi connectivity index (χ0n) is 14.0. The molecule has 1 aliphatic rings. The third-order valence-electron chi connectivity index (χ3n) is 3.72. The highest BCUT2D eigenvalue weighted by atomic mass is 32.1. The fourth-order valence-electron chi connectivity index (χ4n) is 2.44. The Bertz CT molecular complexity index is 896. The number of hydrogen-bond acceptors (Lipinski definition) is 6. The van der Waals surface area contributed by atoms with Crippen LogP contribution < -0.4 is 15.0 Å². The Morgan fingerprint density at radius 2 is 1.70 bits per heavy atom. The van der Waals surface area contributed by atoms with Crippen LogP contribution in [0, 0.1) is 0 Å². The molecule has 2 aromatic carbocycles. The van der Waals surface area contributed by atoms with Crippen molar-refractivity contribution in [3.05, 3.63) is 66.2 Å². The summed E-state index contributed by atoms with van der Waals surface area (Å²) < 4.78 is 5.70. The molecule has 7 nitrogen and oxygen atoms in total. The van der Waals surface area contributed by atoms with E-state index in [4.69, 9.17) is 22.1 Å². The average Bonchev–Trinajstić information content (AvgIpc) is 2.67. The van der Waals surface area contributed by atoms with Crippen LogP contribution in [0.2, 0.25) is 0 Å². The lowest BCUT2D eigenvalue weighted by atomic mass is 10.1. The Labute approximate surface area is 160 Å². The first-order valence-corrected chi connectivity index (χ1v) is 8.44. The number of nitrogens with one attached hydrogen (secondary N) is 1. The molecular formula is C19H16N2O5S. The van der Waals surface area contributed by atoms with Gasteiger partial charge in [-0.25, -0.2) is 0 Å². The molecule has 1 saturated heterocycles. The fraction of sp³-hybridized carbons (Fsp3) is 0.105. The van der Waals surface area contributed by atoms with E-state index in [0.29, 0.717) is 17.2 Å². The van der Waals surface area contributed by atoms with Crippen molar-refractivity contribution in [1.82, 2.24) is 5.32 Å². The van der Waals surface area contributed by atoms with Gasteiger partial charge in [0.1, 0.15) is 17.1 Å². The molecule has 1 aliphatic heterocycles. The molecule has 3 N–H and O–H groups in total. The van der Waals surface area contributed by atoms with Crippen LogP contribution in [0.4, 0.5) is 5.69 Å². The number of aliphatic hydroxyl groups is 2. The topological polar surface area (TPSA) is 99.1 Å². The van der Waals surface area contributed by atoms with Crippen LogP contribution in [0.15, 0.2) is 66.2 Å². The lowest BCUT2D eigenvalue weighted by Crippen LogP contribution is -2.54. The van der Waals surface area contributed by atoms with Gasteiger partial charge in [-0.2, -0.15) is 0 Å². The standard InChI is InChI=1S/C19H16N2O5S/c22-11-13(23)10-16-17(24)20-19(27)21(18(16)25)12-6-8-15(9-7-12)26-14-4-2-1-3-5-14/h1-10,13,22-23H,11H2,(H,20,24,27)/b16-10+/t13-/m0/s1. The van der Waals surface area contributed by atoms with Gasteiger partial charge in [0.25, 0.3) is 11.8 Å². The molecule has 3 rings (SSSR count). The molecule has 1 fully saturated rings. The Kier molecular flexibility index (Phi) is 5.60. The summed E-state index contributed by atoms with van der Waals surface area (Å²) in [5, 5.41) is 20.8. The largest absolute Gasteiger partial charge is 0.457 e. The van der Waals surface area contributed by atoms with E-state index in [0.717, 1.165) is 11.0 Å². The molecule has 8 heteroatoms. The second-order valence-electron chi connectivity index (χ2n) is 5.64. The van der Waals surface area contributed by atoms with Gasteiger partial charge in [0.05, 0.1) is 18.4 Å². The number of hydrogen-bond donors (Lipinski definition) is 3. The number of carbonyl (C=O) groups is 2. The molecule has 0 aromatic heterocycles. The van der Waals surface area contributed by atoms with E-state index in [1.165, 1.54) is 0 Å². The van der Waals surface area contributed by atoms with Crippen molar-refractivity contribution in [2.45, 2.75) is 6.10 Å². The number of para-hydroxylation sites is 1. The molecule has 0 aliphatic carbocycles. The van der Waals surface area contributed by atoms with Crippen LogP contribution in [0.3, 0.4) is 0 Å². The summed E-state index contributed by atoms with van der Waals surface area (Å²) in [5.74, 6) is -0.174. The van der Waals surface area contributed by atoms with Crippen LogP contribution in [0.5, 0.6) is 11.5 Å². The maximum absolute atomic E-state index is 12.7. The first-order valence-electron chi connectivity index (χ1n) is 8.03. The number of carbonyl (C=O) groups excluding carboxylic acids is 2. The van der Waals surface area contributed by atoms with Crippen LogP contribution in [0.1, 0.15) is 0 Å². The van der Waals surface area contributed by atoms with Crippen molar-refractivity contribution in [1.29, 1.82) is 0 Å². The SMILES string of the molecule is O=C1NC(=S)N(c2ccc(Oc3ccccc3)cc2)C(=O)/C1=C/[C@H](O)CO. The first-order chi connectivity index (χ1) is 13.0. The van der Waals surface area contributed by atoms with Gasteiger partial charge in [0.15, 0.2) is 5.11 Å². The van der Waals surface area contributed by atoms with Crippen molar-refractivity contribution in [2.24, 2.45) is 0 Å². The number of rotatable bonds is 5. The van der Waals surface area contributed by atoms with Crippen molar-refractivity contribution in [3.63, 3.8) is 0 Å². The predicted octanol–water partition coefficient (Wildman–Crippen LogP) is 1.51. The molecule has 2 amide bonds. The maximum Gasteiger partial charge on any atom is 0.269 e. The van der Waals surface area contributed by atoms with Gasteiger partial charge in [0.2, 0.25) is 0 Å². The molecule has 2 aromatic rings. The summed E-state index contributed by atoms with van der Waals surface area (Å²) in [4.78, 5) is 25.8. The monoisotopic (exact) mass is 384 g/mol. The third-order valence-corrected chi connectivity index (χ3v) is 4.01. The third kappa shape index (κ3) is 4.20. The van der Waals surface area contributed by atoms with E-state index in [1.807, 2.05) is 30.3 Å². The Morgan fingerprint density at radius 3 is 2.33 bits per heavy atom. The zero-order valence-corrected chi connectivity index (χ0v) is 14.8. The number of ether oxygens (including phenoxy) is 1. The van der Waals surface area contributed by atoms with E-state index in [9.17, 15) is 14.7 Å². The zero-order chi connectivity index (χ0) is 19.4. The molecule has 0 unspecified atom stereocenters. The highest BCUT2D eigenvalue weighted by Gasteiger charge is 2.34. The average molecular weight is 384 g/mol. The van der Waals surface area contributed by atoms with Crippen LogP contribution in [-0.4, -0.2) is 39.9 Å². The van der Waals surface area contributed by atoms with E-state index in [1.54, 1.807) is 24.3 Å². The number of benzene rings is 2. The van der Waals surface area contributed by atoms with Gasteiger partial charge in [-0.15, -0.1) is 0 Å². The first kappa shape index (κ1) is 18.7. The summed E-state index contributed by atoms with van der Waals surface area (Å²) in [6.07, 6.45) is -0.329. The molecule has 1 atom stereocenters. The lowest BCUT2D eigenvalue weighted by Gasteiger charge is -2.29. The van der Waals surface area contributed by atoms with E-state index >= 15 is 0 Å². The highest BCUT2D eigenvalue weighted by molar-refractivity contribution is 7.80. The quantitative estimate of drug-likeness (QED) is 0.411. The van der Waals surface area contributed by atoms with Crippen molar-refractivity contribution < 1.29 is 24.5 Å². The van der Waals surface area contributed by atoms with Gasteiger partial charge in [-0.3, -0.25) is 19.8 Å². The Balaban J connectivity index is 1.84. The predicted molar refractivity (Wildman–Crippen MR) is 102 cm³/mol.